The molecule has 0 bridgehead atoms. The molecule has 0 amide bonds. The summed E-state index contributed by atoms with van der Waals surface area (Å²) in [5.41, 5.74) is 0. The lowest BCUT2D eigenvalue weighted by atomic mass is 10.1. The van der Waals surface area contributed by atoms with Crippen LogP contribution in [0.3, 0.4) is 0 Å². The Kier molecular flexibility index (Phi) is 1.18. The Morgan fingerprint density at radius 1 is 1.43 bits per heavy atom. The van der Waals surface area contributed by atoms with Gasteiger partial charge in [-0.1, -0.05) is 26.0 Å². The average molecular weight is 96.2 g/mol. The van der Waals surface area contributed by atoms with Gasteiger partial charge in [-0.05, 0) is 18.3 Å². The molecule has 0 radical (unpaired) electrons. The molecule has 0 aromatic heterocycles. The first kappa shape index (κ1) is 4.89. The first-order valence-electron chi connectivity index (χ1n) is 2.97. The van der Waals surface area contributed by atoms with E-state index in [1.165, 1.54) is 6.42 Å². The van der Waals surface area contributed by atoms with E-state index in [-0.39, 0.29) is 0 Å². The van der Waals surface area contributed by atoms with Crippen LogP contribution in [-0.4, -0.2) is 0 Å². The fraction of sp³-hybridized carbons (Fsp3) is 0.714. The van der Waals surface area contributed by atoms with Crippen LogP contribution in [0, 0.1) is 11.8 Å². The molecule has 1 aliphatic rings. The molecule has 0 heterocycles. The quantitative estimate of drug-likeness (QED) is 0.462. The highest BCUT2D eigenvalue weighted by Gasteiger charge is 2.11. The van der Waals surface area contributed by atoms with Gasteiger partial charge in [0.05, 0.1) is 0 Å². The van der Waals surface area contributed by atoms with Crippen LogP contribution in [0.15, 0.2) is 12.2 Å². The van der Waals surface area contributed by atoms with E-state index in [0.29, 0.717) is 0 Å². The molecule has 0 saturated heterocycles. The Hall–Kier alpha value is -0.260. The van der Waals surface area contributed by atoms with Gasteiger partial charge in [0, 0.05) is 0 Å². The second-order valence-electron chi connectivity index (χ2n) is 2.68. The van der Waals surface area contributed by atoms with E-state index in [1.54, 1.807) is 0 Å². The van der Waals surface area contributed by atoms with E-state index in [4.69, 9.17) is 0 Å². The summed E-state index contributed by atoms with van der Waals surface area (Å²) in [6, 6.07) is 0. The molecule has 0 spiro atoms. The fourth-order valence-corrected chi connectivity index (χ4v) is 0.780. The van der Waals surface area contributed by atoms with Crippen LogP contribution in [0.4, 0.5) is 0 Å². The standard InChI is InChI=1S/C7H12/c1-6(2)5-7-3-4-7/h3-4,6-7H,5H2,1-2H3. The smallest absolute Gasteiger partial charge is 0.00506 e. The van der Waals surface area contributed by atoms with Gasteiger partial charge in [0.1, 0.15) is 0 Å². The highest BCUT2D eigenvalue weighted by atomic mass is 14.2. The normalized spacial score (nSPS) is 18.7. The molecule has 1 aliphatic carbocycles. The first-order chi connectivity index (χ1) is 3.29. The van der Waals surface area contributed by atoms with Crippen LogP contribution in [0.1, 0.15) is 20.3 Å². The number of rotatable bonds is 2. The van der Waals surface area contributed by atoms with Crippen LogP contribution in [0.5, 0.6) is 0 Å². The molecule has 0 aromatic rings. The van der Waals surface area contributed by atoms with Crippen molar-refractivity contribution in [3.8, 4) is 0 Å². The molecule has 0 nitrogen and oxygen atoms in total. The third-order valence-electron chi connectivity index (χ3n) is 1.21. The van der Waals surface area contributed by atoms with Gasteiger partial charge in [-0.15, -0.1) is 0 Å². The second kappa shape index (κ2) is 1.69. The summed E-state index contributed by atoms with van der Waals surface area (Å²) >= 11 is 0. The topological polar surface area (TPSA) is 0 Å². The molecule has 7 heavy (non-hydrogen) atoms. The fourth-order valence-electron chi connectivity index (χ4n) is 0.780. The van der Waals surface area contributed by atoms with Gasteiger partial charge in [-0.3, -0.25) is 0 Å². The van der Waals surface area contributed by atoms with Gasteiger partial charge in [0.15, 0.2) is 0 Å². The van der Waals surface area contributed by atoms with E-state index in [1.807, 2.05) is 0 Å². The minimum Gasteiger partial charge on any atom is -0.0810 e. The van der Waals surface area contributed by atoms with Gasteiger partial charge >= 0.3 is 0 Å². The maximum Gasteiger partial charge on any atom is -0.00506 e. The maximum absolute atomic E-state index is 2.26. The summed E-state index contributed by atoms with van der Waals surface area (Å²) in [6.45, 7) is 4.53. The molecule has 0 aromatic carbocycles. The summed E-state index contributed by atoms with van der Waals surface area (Å²) in [4.78, 5) is 0. The van der Waals surface area contributed by atoms with Gasteiger partial charge in [0.2, 0.25) is 0 Å². The number of hydrogen-bond acceptors (Lipinski definition) is 0. The van der Waals surface area contributed by atoms with Gasteiger partial charge in [0.25, 0.3) is 0 Å². The maximum atomic E-state index is 2.26. The van der Waals surface area contributed by atoms with E-state index >= 15 is 0 Å². The van der Waals surface area contributed by atoms with E-state index in [9.17, 15) is 0 Å². The van der Waals surface area contributed by atoms with Crippen molar-refractivity contribution in [2.45, 2.75) is 20.3 Å². The molecular weight excluding hydrogens is 84.1 g/mol. The molecule has 1 rings (SSSR count). The summed E-state index contributed by atoms with van der Waals surface area (Å²) < 4.78 is 0. The van der Waals surface area contributed by atoms with Crippen molar-refractivity contribution in [3.05, 3.63) is 12.2 Å². The largest absolute Gasteiger partial charge is 0.0810 e. The van der Waals surface area contributed by atoms with Crippen LogP contribution in [0.25, 0.3) is 0 Å². The minimum absolute atomic E-state index is 0.875. The van der Waals surface area contributed by atoms with Crippen molar-refractivity contribution in [1.82, 2.24) is 0 Å². The molecular formula is C7H12. The zero-order chi connectivity index (χ0) is 5.28. The van der Waals surface area contributed by atoms with E-state index in [0.717, 1.165) is 11.8 Å². The highest BCUT2D eigenvalue weighted by Crippen LogP contribution is 2.23. The first-order valence-corrected chi connectivity index (χ1v) is 2.97. The molecule has 0 unspecified atom stereocenters. The Morgan fingerprint density at radius 2 is 2.00 bits per heavy atom. The molecule has 0 saturated carbocycles. The summed E-state index contributed by atoms with van der Waals surface area (Å²) in [7, 11) is 0. The van der Waals surface area contributed by atoms with Gasteiger partial charge < -0.3 is 0 Å². The minimum atomic E-state index is 0.875. The zero-order valence-electron chi connectivity index (χ0n) is 5.02. The lowest BCUT2D eigenvalue weighted by Gasteiger charge is -1.98. The predicted octanol–water partition coefficient (Wildman–Crippen LogP) is 2.22. The number of hydrogen-bond donors (Lipinski definition) is 0. The van der Waals surface area contributed by atoms with Crippen molar-refractivity contribution >= 4 is 0 Å². The van der Waals surface area contributed by atoms with Crippen LogP contribution in [-0.2, 0) is 0 Å². The summed E-state index contributed by atoms with van der Waals surface area (Å²) in [5, 5.41) is 0. The Balaban J connectivity index is 1.99. The lowest BCUT2D eigenvalue weighted by molar-refractivity contribution is 0.562. The predicted molar refractivity (Wildman–Crippen MR) is 32.1 cm³/mol. The molecule has 0 aliphatic heterocycles. The van der Waals surface area contributed by atoms with E-state index in [2.05, 4.69) is 26.0 Å². The van der Waals surface area contributed by atoms with Gasteiger partial charge in [-0.25, -0.2) is 0 Å². The summed E-state index contributed by atoms with van der Waals surface area (Å²) in [6.07, 6.45) is 5.89. The monoisotopic (exact) mass is 96.1 g/mol. The molecule has 0 fully saturated rings. The summed E-state index contributed by atoms with van der Waals surface area (Å²) in [5.74, 6) is 1.75. The van der Waals surface area contributed by atoms with Crippen molar-refractivity contribution in [1.29, 1.82) is 0 Å². The van der Waals surface area contributed by atoms with Crippen LogP contribution >= 0.6 is 0 Å². The van der Waals surface area contributed by atoms with Crippen molar-refractivity contribution in [3.63, 3.8) is 0 Å². The third kappa shape index (κ3) is 1.77. The van der Waals surface area contributed by atoms with Crippen molar-refractivity contribution in [2.24, 2.45) is 11.8 Å². The van der Waals surface area contributed by atoms with Crippen LogP contribution < -0.4 is 0 Å². The van der Waals surface area contributed by atoms with E-state index < -0.39 is 0 Å². The average Bonchev–Trinajstić information content (AvgIpc) is 2.17. The molecule has 0 atom stereocenters. The third-order valence-corrected chi connectivity index (χ3v) is 1.21. The van der Waals surface area contributed by atoms with Crippen molar-refractivity contribution < 1.29 is 0 Å². The zero-order valence-corrected chi connectivity index (χ0v) is 5.02. The Bertz CT molecular complexity index is 74.0. The second-order valence-corrected chi connectivity index (χ2v) is 2.68. The highest BCUT2D eigenvalue weighted by molar-refractivity contribution is 5.12. The molecule has 40 valence electrons. The van der Waals surface area contributed by atoms with Crippen molar-refractivity contribution in [2.75, 3.05) is 0 Å². The lowest BCUT2D eigenvalue weighted by Crippen LogP contribution is -1.87. The number of allylic oxidation sites excluding steroid dienone is 2. The molecule has 0 N–H and O–H groups in total. The van der Waals surface area contributed by atoms with Gasteiger partial charge in [-0.2, -0.15) is 0 Å². The van der Waals surface area contributed by atoms with Crippen LogP contribution in [0.2, 0.25) is 0 Å². The molecule has 0 heteroatoms. The Morgan fingerprint density at radius 3 is 2.14 bits per heavy atom. The SMILES string of the molecule is CC(C)CC1C=C1. The Labute approximate surface area is 45.2 Å².